The number of nitrogens with two attached hydrogens (primary N) is 1. The molecular weight excluding hydrogens is 332 g/mol. The van der Waals surface area contributed by atoms with E-state index in [1.54, 1.807) is 0 Å². The molecule has 1 heterocycles. The lowest BCUT2D eigenvalue weighted by molar-refractivity contribution is -0.167. The highest BCUT2D eigenvalue weighted by molar-refractivity contribution is 7.09. The first-order valence-corrected chi connectivity index (χ1v) is 7.39. The SMILES string of the molecule is CC(C)(C)CC(C)(ON=C(C(=O)Cl)c1nsc(N)n1)C(=O)O. The van der Waals surface area contributed by atoms with Gasteiger partial charge in [-0.1, -0.05) is 25.9 Å². The van der Waals surface area contributed by atoms with Gasteiger partial charge in [0.25, 0.3) is 5.24 Å². The number of nitrogen functional groups attached to an aromatic ring is 1. The second-order valence-corrected chi connectivity index (χ2v) is 7.16. The number of anilines is 1. The minimum Gasteiger partial charge on any atom is -0.478 e. The molecule has 1 atom stereocenters. The number of aromatic nitrogens is 2. The molecular formula is C12H17ClN4O4S. The van der Waals surface area contributed by atoms with E-state index in [4.69, 9.17) is 22.2 Å². The van der Waals surface area contributed by atoms with Crippen molar-refractivity contribution in [3.8, 4) is 0 Å². The molecule has 1 unspecified atom stereocenters. The average molecular weight is 349 g/mol. The van der Waals surface area contributed by atoms with E-state index >= 15 is 0 Å². The second-order valence-electron chi connectivity index (χ2n) is 6.03. The third-order valence-corrected chi connectivity index (χ3v) is 3.22. The van der Waals surface area contributed by atoms with Crippen molar-refractivity contribution in [1.82, 2.24) is 9.36 Å². The van der Waals surface area contributed by atoms with E-state index < -0.39 is 22.5 Å². The Hall–Kier alpha value is -1.74. The number of rotatable bonds is 6. The molecule has 0 saturated carbocycles. The Morgan fingerprint density at radius 3 is 2.36 bits per heavy atom. The number of hydrogen-bond acceptors (Lipinski definition) is 8. The Morgan fingerprint density at radius 1 is 1.41 bits per heavy atom. The van der Waals surface area contributed by atoms with Gasteiger partial charge in [0.15, 0.2) is 5.13 Å². The molecule has 1 rings (SSSR count). The lowest BCUT2D eigenvalue weighted by Crippen LogP contribution is -2.41. The standard InChI is InChI=1S/C12H17ClN4O4S/c1-11(2,3)5-12(4,9(19)20)21-16-6(7(13)18)8-15-10(14)22-17-8/h5H2,1-4H3,(H,19,20)(H2,14,15,17). The molecule has 8 nitrogen and oxygen atoms in total. The van der Waals surface area contributed by atoms with Crippen LogP contribution in [0.1, 0.15) is 39.9 Å². The second kappa shape index (κ2) is 6.57. The number of hydrogen-bond donors (Lipinski definition) is 2. The molecule has 0 fully saturated rings. The molecule has 10 heteroatoms. The van der Waals surface area contributed by atoms with Crippen LogP contribution in [0.25, 0.3) is 0 Å². The van der Waals surface area contributed by atoms with Crippen molar-refractivity contribution in [2.45, 2.75) is 39.7 Å². The van der Waals surface area contributed by atoms with Crippen molar-refractivity contribution in [2.24, 2.45) is 10.6 Å². The van der Waals surface area contributed by atoms with E-state index in [-0.39, 0.29) is 22.8 Å². The maximum absolute atomic E-state index is 11.5. The van der Waals surface area contributed by atoms with Crippen molar-refractivity contribution < 1.29 is 19.5 Å². The quantitative estimate of drug-likeness (QED) is 0.456. The van der Waals surface area contributed by atoms with Crippen LogP contribution in [0.4, 0.5) is 5.13 Å². The molecule has 0 aliphatic rings. The summed E-state index contributed by atoms with van der Waals surface area (Å²) in [5.41, 5.74) is 3.07. The highest BCUT2D eigenvalue weighted by Gasteiger charge is 2.40. The zero-order valence-corrected chi connectivity index (χ0v) is 14.2. The molecule has 1 aromatic heterocycles. The van der Waals surface area contributed by atoms with Gasteiger partial charge in [-0.05, 0) is 23.9 Å². The zero-order chi connectivity index (χ0) is 17.1. The Balaban J connectivity index is 3.10. The van der Waals surface area contributed by atoms with Crippen molar-refractivity contribution >= 4 is 45.2 Å². The predicted molar refractivity (Wildman–Crippen MR) is 82.9 cm³/mol. The third kappa shape index (κ3) is 4.92. The first-order chi connectivity index (χ1) is 9.94. The fourth-order valence-electron chi connectivity index (χ4n) is 1.80. The molecule has 0 amide bonds. The lowest BCUT2D eigenvalue weighted by atomic mass is 9.83. The average Bonchev–Trinajstić information content (AvgIpc) is 2.73. The summed E-state index contributed by atoms with van der Waals surface area (Å²) in [6, 6.07) is 0. The third-order valence-electron chi connectivity index (χ3n) is 2.50. The molecule has 0 saturated heterocycles. The lowest BCUT2D eigenvalue weighted by Gasteiger charge is -2.29. The number of aliphatic carboxylic acids is 1. The highest BCUT2D eigenvalue weighted by atomic mass is 35.5. The first-order valence-electron chi connectivity index (χ1n) is 6.23. The van der Waals surface area contributed by atoms with E-state index in [9.17, 15) is 14.7 Å². The van der Waals surface area contributed by atoms with Gasteiger partial charge in [-0.15, -0.1) is 0 Å². The predicted octanol–water partition coefficient (Wildman–Crippen LogP) is 1.89. The van der Waals surface area contributed by atoms with Gasteiger partial charge in [0, 0.05) is 18.0 Å². The Morgan fingerprint density at radius 2 is 2.00 bits per heavy atom. The maximum atomic E-state index is 11.5. The Labute approximate surface area is 136 Å². The molecule has 0 bridgehead atoms. The molecule has 1 aromatic rings. The molecule has 0 aliphatic heterocycles. The number of oxime groups is 1. The summed E-state index contributed by atoms with van der Waals surface area (Å²) in [6.07, 6.45) is 0.162. The number of carboxylic acid groups (broad SMARTS) is 1. The van der Waals surface area contributed by atoms with Gasteiger partial charge < -0.3 is 15.7 Å². The van der Waals surface area contributed by atoms with Crippen molar-refractivity contribution in [1.29, 1.82) is 0 Å². The van der Waals surface area contributed by atoms with Crippen LogP contribution in [0.5, 0.6) is 0 Å². The van der Waals surface area contributed by atoms with Gasteiger partial charge in [-0.3, -0.25) is 4.79 Å². The summed E-state index contributed by atoms with van der Waals surface area (Å²) in [5, 5.41) is 12.1. The van der Waals surface area contributed by atoms with E-state index in [0.29, 0.717) is 0 Å². The summed E-state index contributed by atoms with van der Waals surface area (Å²) in [7, 11) is 0. The maximum Gasteiger partial charge on any atom is 0.350 e. The van der Waals surface area contributed by atoms with Crippen LogP contribution in [0, 0.1) is 5.41 Å². The summed E-state index contributed by atoms with van der Waals surface area (Å²) in [4.78, 5) is 31.8. The topological polar surface area (TPSA) is 128 Å². The van der Waals surface area contributed by atoms with Gasteiger partial charge in [-0.2, -0.15) is 9.36 Å². The fraction of sp³-hybridized carbons (Fsp3) is 0.583. The monoisotopic (exact) mass is 348 g/mol. The van der Waals surface area contributed by atoms with E-state index in [1.165, 1.54) is 6.92 Å². The molecule has 122 valence electrons. The van der Waals surface area contributed by atoms with Crippen molar-refractivity contribution in [2.75, 3.05) is 5.73 Å². The zero-order valence-electron chi connectivity index (χ0n) is 12.6. The van der Waals surface area contributed by atoms with Gasteiger partial charge in [0.05, 0.1) is 0 Å². The molecule has 0 aromatic carbocycles. The van der Waals surface area contributed by atoms with E-state index in [2.05, 4.69) is 14.5 Å². The largest absolute Gasteiger partial charge is 0.478 e. The van der Waals surface area contributed by atoms with Crippen molar-refractivity contribution in [3.63, 3.8) is 0 Å². The van der Waals surface area contributed by atoms with Crippen LogP contribution in [0.3, 0.4) is 0 Å². The van der Waals surface area contributed by atoms with E-state index in [0.717, 1.165) is 11.5 Å². The van der Waals surface area contributed by atoms with Gasteiger partial charge in [-0.25, -0.2) is 4.79 Å². The van der Waals surface area contributed by atoms with Crippen LogP contribution in [-0.4, -0.2) is 37.0 Å². The van der Waals surface area contributed by atoms with Crippen molar-refractivity contribution in [3.05, 3.63) is 5.82 Å². The van der Waals surface area contributed by atoms with Crippen LogP contribution in [0.15, 0.2) is 5.16 Å². The molecule has 0 aliphatic carbocycles. The first kappa shape index (κ1) is 18.3. The van der Waals surface area contributed by atoms with Crippen LogP contribution < -0.4 is 5.73 Å². The van der Waals surface area contributed by atoms with Gasteiger partial charge >= 0.3 is 5.97 Å². The Kier molecular flexibility index (Phi) is 5.47. The molecule has 0 spiro atoms. The number of carbonyl (C=O) groups excluding carboxylic acids is 1. The fourth-order valence-corrected chi connectivity index (χ4v) is 2.35. The van der Waals surface area contributed by atoms with Crippen LogP contribution in [0.2, 0.25) is 0 Å². The minimum atomic E-state index is -1.63. The smallest absolute Gasteiger partial charge is 0.350 e. The number of nitrogens with zero attached hydrogens (tertiary/aromatic N) is 3. The number of carbonyl (C=O) groups is 2. The minimum absolute atomic E-state index is 0.106. The highest BCUT2D eigenvalue weighted by Crippen LogP contribution is 2.30. The normalized spacial score (nSPS) is 15.2. The number of carboxylic acids is 1. The number of halogens is 1. The summed E-state index contributed by atoms with van der Waals surface area (Å²) in [5.74, 6) is -1.32. The molecule has 0 radical (unpaired) electrons. The molecule has 22 heavy (non-hydrogen) atoms. The summed E-state index contributed by atoms with van der Waals surface area (Å²) < 4.78 is 3.80. The van der Waals surface area contributed by atoms with E-state index in [1.807, 2.05) is 20.8 Å². The Bertz CT molecular complexity index is 611. The summed E-state index contributed by atoms with van der Waals surface area (Å²) in [6.45, 7) is 6.94. The molecule has 3 N–H and O–H groups in total. The van der Waals surface area contributed by atoms with Gasteiger partial charge in [0.1, 0.15) is 0 Å². The van der Waals surface area contributed by atoms with Crippen LogP contribution >= 0.6 is 23.1 Å². The van der Waals surface area contributed by atoms with Gasteiger partial charge in [0.2, 0.25) is 17.1 Å². The summed E-state index contributed by atoms with van der Waals surface area (Å²) >= 11 is 6.27. The van der Waals surface area contributed by atoms with Crippen LogP contribution in [-0.2, 0) is 14.4 Å².